The van der Waals surface area contributed by atoms with E-state index < -0.39 is 0 Å². The molecular formula is C8H15N5S. The highest BCUT2D eigenvalue weighted by atomic mass is 32.2. The Balaban J connectivity index is 2.62. The molecule has 0 aliphatic heterocycles. The van der Waals surface area contributed by atoms with E-state index >= 15 is 0 Å². The minimum absolute atomic E-state index is 0.249. The number of nitrogens with zero attached hydrogens (tertiary/aromatic N) is 2. The van der Waals surface area contributed by atoms with E-state index in [4.69, 9.17) is 11.6 Å². The molecule has 0 aliphatic carbocycles. The first-order valence-electron chi connectivity index (χ1n) is 4.50. The molecular weight excluding hydrogens is 198 g/mol. The van der Waals surface area contributed by atoms with Crippen molar-refractivity contribution in [2.75, 3.05) is 16.9 Å². The van der Waals surface area contributed by atoms with Crippen LogP contribution in [0.2, 0.25) is 0 Å². The van der Waals surface area contributed by atoms with Gasteiger partial charge in [-0.1, -0.05) is 13.3 Å². The van der Waals surface area contributed by atoms with Crippen LogP contribution in [0, 0.1) is 0 Å². The summed E-state index contributed by atoms with van der Waals surface area (Å²) in [7, 11) is 0. The predicted octanol–water partition coefficient (Wildman–Crippen LogP) is 1.24. The number of nitrogens with one attached hydrogen (secondary N) is 1. The summed E-state index contributed by atoms with van der Waals surface area (Å²) in [4.78, 5) is 7.99. The van der Waals surface area contributed by atoms with Gasteiger partial charge in [0.25, 0.3) is 0 Å². The Bertz CT molecular complexity index is 291. The van der Waals surface area contributed by atoms with E-state index in [1.807, 2.05) is 0 Å². The van der Waals surface area contributed by atoms with Crippen molar-refractivity contribution in [1.82, 2.24) is 9.97 Å². The third kappa shape index (κ3) is 3.39. The van der Waals surface area contributed by atoms with Crippen molar-refractivity contribution in [2.45, 2.75) is 24.8 Å². The van der Waals surface area contributed by atoms with Gasteiger partial charge in [0.2, 0.25) is 5.95 Å². The van der Waals surface area contributed by atoms with Gasteiger partial charge in [0.15, 0.2) is 0 Å². The number of nitrogen functional groups attached to an aromatic ring is 2. The predicted molar refractivity (Wildman–Crippen MR) is 59.9 cm³/mol. The van der Waals surface area contributed by atoms with Crippen LogP contribution >= 0.6 is 11.8 Å². The maximum absolute atomic E-state index is 5.51. The van der Waals surface area contributed by atoms with Crippen LogP contribution in [0.25, 0.3) is 0 Å². The zero-order chi connectivity index (χ0) is 10.4. The molecule has 0 atom stereocenters. The quantitative estimate of drug-likeness (QED) is 0.224. The Morgan fingerprint density at radius 1 is 1.50 bits per heavy atom. The maximum atomic E-state index is 5.51. The van der Waals surface area contributed by atoms with Gasteiger partial charge < -0.3 is 11.2 Å². The van der Waals surface area contributed by atoms with E-state index in [2.05, 4.69) is 22.3 Å². The molecule has 5 N–H and O–H groups in total. The minimum Gasteiger partial charge on any atom is -0.368 e. The Hall–Kier alpha value is -1.01. The van der Waals surface area contributed by atoms with Crippen molar-refractivity contribution in [3.63, 3.8) is 0 Å². The van der Waals surface area contributed by atoms with E-state index in [9.17, 15) is 0 Å². The molecule has 0 aliphatic rings. The normalized spacial score (nSPS) is 10.1. The van der Waals surface area contributed by atoms with Crippen LogP contribution in [0.15, 0.2) is 11.1 Å². The Labute approximate surface area is 87.7 Å². The average Bonchev–Trinajstić information content (AvgIpc) is 2.17. The summed E-state index contributed by atoms with van der Waals surface area (Å²) >= 11 is 1.66. The van der Waals surface area contributed by atoms with Crippen LogP contribution < -0.4 is 17.0 Å². The third-order valence-corrected chi connectivity index (χ3v) is 2.61. The molecule has 0 aromatic carbocycles. The van der Waals surface area contributed by atoms with Gasteiger partial charge in [0.05, 0.1) is 0 Å². The number of nitrogens with two attached hydrogens (primary N) is 2. The zero-order valence-corrected chi connectivity index (χ0v) is 8.97. The second-order valence-electron chi connectivity index (χ2n) is 2.80. The largest absolute Gasteiger partial charge is 0.368 e. The third-order valence-electron chi connectivity index (χ3n) is 1.62. The SMILES string of the molecule is CCCCSc1cc(NN)nc(N)n1. The van der Waals surface area contributed by atoms with Crippen LogP contribution in [0.4, 0.5) is 11.8 Å². The van der Waals surface area contributed by atoms with Crippen molar-refractivity contribution in [1.29, 1.82) is 0 Å². The van der Waals surface area contributed by atoms with Crippen molar-refractivity contribution in [3.8, 4) is 0 Å². The van der Waals surface area contributed by atoms with Crippen LogP contribution in [0.1, 0.15) is 19.8 Å². The molecule has 0 saturated carbocycles. The van der Waals surface area contributed by atoms with Gasteiger partial charge in [-0.05, 0) is 12.2 Å². The second-order valence-corrected chi connectivity index (χ2v) is 3.91. The minimum atomic E-state index is 0.249. The van der Waals surface area contributed by atoms with E-state index in [-0.39, 0.29) is 5.95 Å². The molecule has 6 heteroatoms. The zero-order valence-electron chi connectivity index (χ0n) is 8.16. The van der Waals surface area contributed by atoms with Gasteiger partial charge >= 0.3 is 0 Å². The summed E-state index contributed by atoms with van der Waals surface area (Å²) in [5.74, 6) is 7.08. The van der Waals surface area contributed by atoms with E-state index in [1.54, 1.807) is 17.8 Å². The lowest BCUT2D eigenvalue weighted by atomic mass is 10.4. The number of rotatable bonds is 5. The number of anilines is 2. The Morgan fingerprint density at radius 3 is 2.93 bits per heavy atom. The summed E-state index contributed by atoms with van der Waals surface area (Å²) in [6.07, 6.45) is 2.34. The summed E-state index contributed by atoms with van der Waals surface area (Å²) in [6.45, 7) is 2.15. The van der Waals surface area contributed by atoms with Crippen LogP contribution in [0.5, 0.6) is 0 Å². The first-order chi connectivity index (χ1) is 6.76. The average molecular weight is 213 g/mol. The molecule has 0 bridgehead atoms. The lowest BCUT2D eigenvalue weighted by molar-refractivity contribution is 0.894. The van der Waals surface area contributed by atoms with Gasteiger partial charge in [-0.2, -0.15) is 4.98 Å². The van der Waals surface area contributed by atoms with E-state index in [0.29, 0.717) is 5.82 Å². The topological polar surface area (TPSA) is 89.8 Å². The highest BCUT2D eigenvalue weighted by Crippen LogP contribution is 2.19. The van der Waals surface area contributed by atoms with E-state index in [0.717, 1.165) is 10.8 Å². The van der Waals surface area contributed by atoms with Crippen LogP contribution in [-0.2, 0) is 0 Å². The molecule has 1 aromatic heterocycles. The van der Waals surface area contributed by atoms with Crippen molar-refractivity contribution in [2.24, 2.45) is 5.84 Å². The van der Waals surface area contributed by atoms with Gasteiger partial charge in [-0.25, -0.2) is 10.8 Å². The summed E-state index contributed by atoms with van der Waals surface area (Å²) < 4.78 is 0. The molecule has 0 unspecified atom stereocenters. The number of hydrazine groups is 1. The second kappa shape index (κ2) is 5.66. The van der Waals surface area contributed by atoms with E-state index in [1.165, 1.54) is 12.8 Å². The van der Waals surface area contributed by atoms with Gasteiger partial charge in [-0.3, -0.25) is 0 Å². The van der Waals surface area contributed by atoms with Crippen molar-refractivity contribution in [3.05, 3.63) is 6.07 Å². The Kier molecular flexibility index (Phi) is 4.48. The summed E-state index contributed by atoms with van der Waals surface area (Å²) in [5, 5.41) is 0.860. The van der Waals surface area contributed by atoms with Crippen LogP contribution in [-0.4, -0.2) is 15.7 Å². The van der Waals surface area contributed by atoms with Gasteiger partial charge in [0, 0.05) is 6.07 Å². The highest BCUT2D eigenvalue weighted by molar-refractivity contribution is 7.99. The van der Waals surface area contributed by atoms with Crippen LogP contribution in [0.3, 0.4) is 0 Å². The fourth-order valence-corrected chi connectivity index (χ4v) is 1.91. The molecule has 1 rings (SSSR count). The number of unbranched alkanes of at least 4 members (excludes halogenated alkanes) is 1. The van der Waals surface area contributed by atoms with Gasteiger partial charge in [-0.15, -0.1) is 11.8 Å². The molecule has 5 nitrogen and oxygen atoms in total. The fourth-order valence-electron chi connectivity index (χ4n) is 0.912. The Morgan fingerprint density at radius 2 is 2.29 bits per heavy atom. The first kappa shape index (κ1) is 11.1. The van der Waals surface area contributed by atoms with Crippen molar-refractivity contribution < 1.29 is 0 Å². The molecule has 0 spiro atoms. The molecule has 1 aromatic rings. The highest BCUT2D eigenvalue weighted by Gasteiger charge is 2.01. The number of hydrogen-bond acceptors (Lipinski definition) is 6. The summed E-state index contributed by atoms with van der Waals surface area (Å²) in [5.41, 5.74) is 7.96. The smallest absolute Gasteiger partial charge is 0.223 e. The molecule has 14 heavy (non-hydrogen) atoms. The lowest BCUT2D eigenvalue weighted by Crippen LogP contribution is -2.10. The molecule has 1 heterocycles. The van der Waals surface area contributed by atoms with Crippen molar-refractivity contribution >= 4 is 23.5 Å². The summed E-state index contributed by atoms with van der Waals surface area (Å²) in [6, 6.07) is 1.79. The molecule has 78 valence electrons. The lowest BCUT2D eigenvalue weighted by Gasteiger charge is -2.04. The number of hydrogen-bond donors (Lipinski definition) is 3. The molecule has 0 radical (unpaired) electrons. The number of thioether (sulfide) groups is 1. The first-order valence-corrected chi connectivity index (χ1v) is 5.48. The molecule has 0 fully saturated rings. The molecule has 0 amide bonds. The fraction of sp³-hybridized carbons (Fsp3) is 0.500. The number of aromatic nitrogens is 2. The standard InChI is InChI=1S/C8H15N5S/c1-2-3-4-14-7-5-6(13-10)11-8(9)12-7/h5H,2-4,10H2,1H3,(H3,9,11,12,13). The monoisotopic (exact) mass is 213 g/mol. The maximum Gasteiger partial charge on any atom is 0.223 e. The van der Waals surface area contributed by atoms with Gasteiger partial charge in [0.1, 0.15) is 10.8 Å². The molecule has 0 saturated heterocycles.